The quantitative estimate of drug-likeness (QED) is 0.832. The Morgan fingerprint density at radius 2 is 1.68 bits per heavy atom. The van der Waals surface area contributed by atoms with Crippen molar-refractivity contribution in [3.63, 3.8) is 0 Å². The molecule has 2 atom stereocenters. The van der Waals surface area contributed by atoms with Crippen molar-refractivity contribution < 1.29 is 14.3 Å². The second-order valence-electron chi connectivity index (χ2n) is 5.04. The highest BCUT2D eigenvalue weighted by Crippen LogP contribution is 2.23. The van der Waals surface area contributed by atoms with Gasteiger partial charge in [-0.2, -0.15) is 0 Å². The highest BCUT2D eigenvalue weighted by Gasteiger charge is 2.23. The molecule has 0 heterocycles. The minimum atomic E-state index is -0.349. The third-order valence-electron chi connectivity index (χ3n) is 3.60. The molecule has 2 rings (SSSR count). The van der Waals surface area contributed by atoms with Crippen molar-refractivity contribution in [3.8, 4) is 5.75 Å². The van der Waals surface area contributed by atoms with Gasteiger partial charge >= 0.3 is 5.97 Å². The summed E-state index contributed by atoms with van der Waals surface area (Å²) in [5, 5.41) is 3.14. The molecule has 0 aliphatic carbocycles. The third kappa shape index (κ3) is 3.86. The van der Waals surface area contributed by atoms with Crippen LogP contribution in [-0.2, 0) is 4.74 Å². The van der Waals surface area contributed by atoms with Gasteiger partial charge in [0.15, 0.2) is 0 Å². The SMILES string of the molecule is CN[C@H](C)[C@@H](OC(=O)c1ccc(OC)cc1)c1ccccc1. The van der Waals surface area contributed by atoms with E-state index < -0.39 is 0 Å². The van der Waals surface area contributed by atoms with E-state index in [1.807, 2.05) is 44.3 Å². The zero-order valence-corrected chi connectivity index (χ0v) is 13.1. The Labute approximate surface area is 131 Å². The molecule has 4 heteroatoms. The molecule has 0 spiro atoms. The lowest BCUT2D eigenvalue weighted by atomic mass is 10.0. The standard InChI is InChI=1S/C18H21NO3/c1-13(19-2)17(14-7-5-4-6-8-14)22-18(20)15-9-11-16(21-3)12-10-15/h4-13,17,19H,1-3H3/t13-,17-/m1/s1. The zero-order chi connectivity index (χ0) is 15.9. The molecule has 0 unspecified atom stereocenters. The van der Waals surface area contributed by atoms with E-state index in [0.29, 0.717) is 11.3 Å². The summed E-state index contributed by atoms with van der Waals surface area (Å²) in [7, 11) is 3.44. The Hall–Kier alpha value is -2.33. The Morgan fingerprint density at radius 3 is 2.23 bits per heavy atom. The molecular weight excluding hydrogens is 278 g/mol. The Kier molecular flexibility index (Phi) is 5.55. The van der Waals surface area contributed by atoms with Gasteiger partial charge in [0.05, 0.1) is 12.7 Å². The predicted molar refractivity (Wildman–Crippen MR) is 86.1 cm³/mol. The van der Waals surface area contributed by atoms with Gasteiger partial charge in [0.1, 0.15) is 11.9 Å². The summed E-state index contributed by atoms with van der Waals surface area (Å²) in [6.45, 7) is 1.99. The van der Waals surface area contributed by atoms with Gasteiger partial charge in [-0.1, -0.05) is 30.3 Å². The molecule has 0 saturated heterocycles. The topological polar surface area (TPSA) is 47.6 Å². The average Bonchev–Trinajstić information content (AvgIpc) is 2.59. The van der Waals surface area contributed by atoms with Crippen LogP contribution in [0, 0.1) is 0 Å². The zero-order valence-electron chi connectivity index (χ0n) is 13.1. The molecule has 4 nitrogen and oxygen atoms in total. The van der Waals surface area contributed by atoms with Gasteiger partial charge in [-0.15, -0.1) is 0 Å². The molecule has 0 saturated carbocycles. The van der Waals surface area contributed by atoms with E-state index in [-0.39, 0.29) is 18.1 Å². The minimum absolute atomic E-state index is 0.00426. The van der Waals surface area contributed by atoms with E-state index in [0.717, 1.165) is 5.56 Å². The van der Waals surface area contributed by atoms with Gasteiger partial charge in [-0.3, -0.25) is 0 Å². The van der Waals surface area contributed by atoms with E-state index in [2.05, 4.69) is 5.32 Å². The van der Waals surface area contributed by atoms with Crippen LogP contribution in [0.25, 0.3) is 0 Å². The number of likely N-dealkylation sites (N-methyl/N-ethyl adjacent to an activating group) is 1. The molecule has 116 valence electrons. The lowest BCUT2D eigenvalue weighted by Gasteiger charge is -2.24. The van der Waals surface area contributed by atoms with E-state index >= 15 is 0 Å². The molecule has 0 aromatic heterocycles. The van der Waals surface area contributed by atoms with E-state index in [1.54, 1.807) is 31.4 Å². The van der Waals surface area contributed by atoms with Crippen LogP contribution >= 0.6 is 0 Å². The van der Waals surface area contributed by atoms with Gasteiger partial charge < -0.3 is 14.8 Å². The van der Waals surface area contributed by atoms with Crippen molar-refractivity contribution >= 4 is 5.97 Å². The normalized spacial score (nSPS) is 13.2. The molecule has 0 bridgehead atoms. The van der Waals surface area contributed by atoms with Crippen LogP contribution in [0.15, 0.2) is 54.6 Å². The first kappa shape index (κ1) is 16.0. The second kappa shape index (κ2) is 7.61. The van der Waals surface area contributed by atoms with E-state index in [1.165, 1.54) is 0 Å². The van der Waals surface area contributed by atoms with Crippen LogP contribution < -0.4 is 10.1 Å². The summed E-state index contributed by atoms with van der Waals surface area (Å²) in [5.74, 6) is 0.360. The molecule has 22 heavy (non-hydrogen) atoms. The number of nitrogens with one attached hydrogen (secondary N) is 1. The Balaban J connectivity index is 2.17. The first-order chi connectivity index (χ1) is 10.7. The largest absolute Gasteiger partial charge is 0.497 e. The van der Waals surface area contributed by atoms with Crippen LogP contribution in [-0.4, -0.2) is 26.2 Å². The maximum absolute atomic E-state index is 12.4. The summed E-state index contributed by atoms with van der Waals surface area (Å²) in [6.07, 6.45) is -0.346. The first-order valence-corrected chi connectivity index (χ1v) is 7.23. The maximum Gasteiger partial charge on any atom is 0.338 e. The van der Waals surface area contributed by atoms with E-state index in [4.69, 9.17) is 9.47 Å². The number of esters is 1. The van der Waals surface area contributed by atoms with Crippen LogP contribution in [0.3, 0.4) is 0 Å². The summed E-state index contributed by atoms with van der Waals surface area (Å²) < 4.78 is 10.8. The molecule has 2 aromatic carbocycles. The van der Waals surface area contributed by atoms with Gasteiger partial charge in [0.2, 0.25) is 0 Å². The fraction of sp³-hybridized carbons (Fsp3) is 0.278. The number of methoxy groups -OCH3 is 1. The maximum atomic E-state index is 12.4. The van der Waals surface area contributed by atoms with Crippen molar-refractivity contribution in [3.05, 3.63) is 65.7 Å². The Morgan fingerprint density at radius 1 is 1.05 bits per heavy atom. The van der Waals surface area contributed by atoms with Crippen LogP contribution in [0.5, 0.6) is 5.75 Å². The molecule has 2 aromatic rings. The van der Waals surface area contributed by atoms with Crippen LogP contribution in [0.1, 0.15) is 28.9 Å². The van der Waals surface area contributed by atoms with Crippen LogP contribution in [0.4, 0.5) is 0 Å². The smallest absolute Gasteiger partial charge is 0.338 e. The molecule has 1 N–H and O–H groups in total. The summed E-state index contributed by atoms with van der Waals surface area (Å²) in [4.78, 5) is 12.4. The highest BCUT2D eigenvalue weighted by molar-refractivity contribution is 5.89. The fourth-order valence-electron chi connectivity index (χ4n) is 2.16. The fourth-order valence-corrected chi connectivity index (χ4v) is 2.16. The number of carbonyl (C=O) groups excluding carboxylic acids is 1. The lowest BCUT2D eigenvalue weighted by Crippen LogP contribution is -2.32. The van der Waals surface area contributed by atoms with E-state index in [9.17, 15) is 4.79 Å². The number of hydrogen-bond acceptors (Lipinski definition) is 4. The van der Waals surface area contributed by atoms with Crippen molar-refractivity contribution in [2.75, 3.05) is 14.2 Å². The van der Waals surface area contributed by atoms with Crippen molar-refractivity contribution in [2.24, 2.45) is 0 Å². The van der Waals surface area contributed by atoms with Gasteiger partial charge in [0, 0.05) is 6.04 Å². The summed E-state index contributed by atoms with van der Waals surface area (Å²) >= 11 is 0. The van der Waals surface area contributed by atoms with Crippen molar-refractivity contribution in [2.45, 2.75) is 19.1 Å². The number of benzene rings is 2. The lowest BCUT2D eigenvalue weighted by molar-refractivity contribution is 0.0219. The molecular formula is C18H21NO3. The minimum Gasteiger partial charge on any atom is -0.497 e. The molecule has 0 fully saturated rings. The number of carbonyl (C=O) groups is 1. The number of ether oxygens (including phenoxy) is 2. The summed E-state index contributed by atoms with van der Waals surface area (Å²) in [5.41, 5.74) is 1.47. The molecule has 0 aliphatic heterocycles. The molecule has 0 amide bonds. The first-order valence-electron chi connectivity index (χ1n) is 7.23. The summed E-state index contributed by atoms with van der Waals surface area (Å²) in [6, 6.07) is 16.6. The number of hydrogen-bond donors (Lipinski definition) is 1. The van der Waals surface area contributed by atoms with Gasteiger partial charge in [0.25, 0.3) is 0 Å². The van der Waals surface area contributed by atoms with Crippen molar-refractivity contribution in [1.29, 1.82) is 0 Å². The Bertz CT molecular complexity index is 595. The van der Waals surface area contributed by atoms with Gasteiger partial charge in [-0.05, 0) is 43.8 Å². The molecule has 0 radical (unpaired) electrons. The monoisotopic (exact) mass is 299 g/mol. The second-order valence-corrected chi connectivity index (χ2v) is 5.04. The van der Waals surface area contributed by atoms with Crippen molar-refractivity contribution in [1.82, 2.24) is 5.32 Å². The number of rotatable bonds is 6. The predicted octanol–water partition coefficient (Wildman–Crippen LogP) is 3.20. The molecule has 0 aliphatic rings. The average molecular weight is 299 g/mol. The highest BCUT2D eigenvalue weighted by atomic mass is 16.5. The van der Waals surface area contributed by atoms with Crippen LogP contribution in [0.2, 0.25) is 0 Å². The van der Waals surface area contributed by atoms with Gasteiger partial charge in [-0.25, -0.2) is 4.79 Å². The third-order valence-corrected chi connectivity index (χ3v) is 3.60.